The van der Waals surface area contributed by atoms with E-state index in [0.29, 0.717) is 6.42 Å². The smallest absolute Gasteiger partial charge is 0.358 e. The molecule has 0 amide bonds. The second kappa shape index (κ2) is 5.37. The fourth-order valence-corrected chi connectivity index (χ4v) is 2.10. The topological polar surface area (TPSA) is 101 Å². The summed E-state index contributed by atoms with van der Waals surface area (Å²) < 4.78 is 25.7. The first kappa shape index (κ1) is 14.7. The van der Waals surface area contributed by atoms with Gasteiger partial charge in [-0.15, -0.1) is 0 Å². The third kappa shape index (κ3) is 3.26. The predicted molar refractivity (Wildman–Crippen MR) is 61.0 cm³/mol. The lowest BCUT2D eigenvalue weighted by molar-refractivity contribution is -0.269. The van der Waals surface area contributed by atoms with Gasteiger partial charge in [-0.1, -0.05) is 0 Å². The second-order valence-electron chi connectivity index (χ2n) is 4.65. The quantitative estimate of drug-likeness (QED) is 0.401. The zero-order valence-corrected chi connectivity index (χ0v) is 11.4. The third-order valence-electron chi connectivity index (χ3n) is 2.87. The first-order valence-corrected chi connectivity index (χ1v) is 6.18. The summed E-state index contributed by atoms with van der Waals surface area (Å²) >= 11 is 0. The number of carbonyl (C=O) groups excluding carboxylic acids is 3. The van der Waals surface area contributed by atoms with Crippen LogP contribution in [0, 0.1) is 0 Å². The zero-order chi connectivity index (χ0) is 14.9. The summed E-state index contributed by atoms with van der Waals surface area (Å²) in [6, 6.07) is 0. The predicted octanol–water partition coefficient (Wildman–Crippen LogP) is -0.114. The minimum absolute atomic E-state index is 0.119. The maximum Gasteiger partial charge on any atom is 0.358 e. The number of epoxide rings is 1. The van der Waals surface area contributed by atoms with Crippen LogP contribution in [0.5, 0.6) is 0 Å². The van der Waals surface area contributed by atoms with Gasteiger partial charge in [-0.3, -0.25) is 14.4 Å². The molecule has 0 saturated carbocycles. The molecule has 0 aliphatic carbocycles. The lowest BCUT2D eigenvalue weighted by Crippen LogP contribution is -2.48. The number of hydrogen-bond acceptors (Lipinski definition) is 8. The standard InChI is InChI=1S/C12H16O8/c1-6(13)16-5-10-9(17-7(2)14)4-11-12(19-10,20-11)18-8(3)15/h9-11H,4-5H2,1-3H3/t9-,10?,11?,12-/m0/s1. The first-order valence-electron chi connectivity index (χ1n) is 6.18. The van der Waals surface area contributed by atoms with Crippen molar-refractivity contribution < 1.29 is 38.1 Å². The van der Waals surface area contributed by atoms with Crippen molar-refractivity contribution in [1.82, 2.24) is 0 Å². The Hall–Kier alpha value is -1.67. The van der Waals surface area contributed by atoms with Crippen LogP contribution in [-0.2, 0) is 38.1 Å². The molecule has 8 nitrogen and oxygen atoms in total. The summed E-state index contributed by atoms with van der Waals surface area (Å²) in [4.78, 5) is 32.9. The number of ether oxygens (including phenoxy) is 5. The summed E-state index contributed by atoms with van der Waals surface area (Å²) in [6.07, 6.45) is -1.55. The van der Waals surface area contributed by atoms with Crippen LogP contribution in [0.1, 0.15) is 27.2 Å². The third-order valence-corrected chi connectivity index (χ3v) is 2.87. The van der Waals surface area contributed by atoms with Gasteiger partial charge in [0.05, 0.1) is 0 Å². The van der Waals surface area contributed by atoms with Gasteiger partial charge in [-0.2, -0.15) is 0 Å². The van der Waals surface area contributed by atoms with Gasteiger partial charge < -0.3 is 23.7 Å². The number of rotatable bonds is 4. The number of esters is 3. The van der Waals surface area contributed by atoms with Gasteiger partial charge in [0.1, 0.15) is 18.8 Å². The Morgan fingerprint density at radius 3 is 2.35 bits per heavy atom. The highest BCUT2D eigenvalue weighted by atomic mass is 17.0. The number of fused-ring (bicyclic) bond motifs is 1. The van der Waals surface area contributed by atoms with Crippen molar-refractivity contribution in [2.75, 3.05) is 6.61 Å². The van der Waals surface area contributed by atoms with Crippen molar-refractivity contribution in [3.63, 3.8) is 0 Å². The lowest BCUT2D eigenvalue weighted by Gasteiger charge is -2.31. The highest BCUT2D eigenvalue weighted by Crippen LogP contribution is 2.48. The van der Waals surface area contributed by atoms with Gasteiger partial charge in [0.25, 0.3) is 0 Å². The fraction of sp³-hybridized carbons (Fsp3) is 0.750. The number of carbonyl (C=O) groups is 3. The van der Waals surface area contributed by atoms with E-state index in [2.05, 4.69) is 0 Å². The van der Waals surface area contributed by atoms with E-state index in [1.165, 1.54) is 20.8 Å². The second-order valence-corrected chi connectivity index (χ2v) is 4.65. The molecule has 0 aromatic heterocycles. The van der Waals surface area contributed by atoms with Gasteiger partial charge in [0, 0.05) is 27.2 Å². The van der Waals surface area contributed by atoms with Crippen LogP contribution in [0.3, 0.4) is 0 Å². The van der Waals surface area contributed by atoms with E-state index in [1.807, 2.05) is 0 Å². The summed E-state index contributed by atoms with van der Waals surface area (Å²) in [5.74, 6) is -2.96. The van der Waals surface area contributed by atoms with Crippen molar-refractivity contribution in [3.05, 3.63) is 0 Å². The van der Waals surface area contributed by atoms with Crippen LogP contribution in [-0.4, -0.2) is 48.8 Å². The molecule has 0 bridgehead atoms. The molecule has 0 spiro atoms. The normalized spacial score (nSPS) is 34.6. The van der Waals surface area contributed by atoms with Crippen molar-refractivity contribution in [2.45, 2.75) is 51.5 Å². The minimum Gasteiger partial charge on any atom is -0.463 e. The van der Waals surface area contributed by atoms with Crippen LogP contribution in [0.25, 0.3) is 0 Å². The van der Waals surface area contributed by atoms with E-state index >= 15 is 0 Å². The summed E-state index contributed by atoms with van der Waals surface area (Å²) in [5.41, 5.74) is 0. The zero-order valence-electron chi connectivity index (χ0n) is 11.4. The molecular weight excluding hydrogens is 272 g/mol. The molecule has 0 N–H and O–H groups in total. The Bertz CT molecular complexity index is 433. The highest BCUT2D eigenvalue weighted by Gasteiger charge is 2.68. The monoisotopic (exact) mass is 288 g/mol. The van der Waals surface area contributed by atoms with Crippen molar-refractivity contribution in [2.24, 2.45) is 0 Å². The maximum atomic E-state index is 11.1. The molecule has 2 aliphatic rings. The molecule has 2 heterocycles. The summed E-state index contributed by atoms with van der Waals surface area (Å²) in [7, 11) is 0. The maximum absolute atomic E-state index is 11.1. The van der Waals surface area contributed by atoms with Gasteiger partial charge >= 0.3 is 23.9 Å². The summed E-state index contributed by atoms with van der Waals surface area (Å²) in [6.45, 7) is 3.63. The molecule has 2 aliphatic heterocycles. The van der Waals surface area contributed by atoms with Crippen LogP contribution in [0.2, 0.25) is 0 Å². The Labute approximate surface area is 115 Å². The molecule has 2 unspecified atom stereocenters. The largest absolute Gasteiger partial charge is 0.463 e. The molecule has 0 radical (unpaired) electrons. The van der Waals surface area contributed by atoms with E-state index < -0.39 is 42.2 Å². The molecule has 20 heavy (non-hydrogen) atoms. The average molecular weight is 288 g/mol. The van der Waals surface area contributed by atoms with Crippen molar-refractivity contribution in [3.8, 4) is 0 Å². The van der Waals surface area contributed by atoms with Crippen LogP contribution >= 0.6 is 0 Å². The lowest BCUT2D eigenvalue weighted by atomic mass is 10.0. The van der Waals surface area contributed by atoms with Crippen LogP contribution in [0.15, 0.2) is 0 Å². The van der Waals surface area contributed by atoms with Crippen molar-refractivity contribution in [1.29, 1.82) is 0 Å². The van der Waals surface area contributed by atoms with Gasteiger partial charge in [-0.25, -0.2) is 0 Å². The fourth-order valence-electron chi connectivity index (χ4n) is 2.10. The minimum atomic E-state index is -1.44. The molecule has 0 aromatic carbocycles. The highest BCUT2D eigenvalue weighted by molar-refractivity contribution is 5.67. The van der Waals surface area contributed by atoms with Gasteiger partial charge in [0.15, 0.2) is 6.10 Å². The SMILES string of the molecule is CC(=O)OCC1O[C@]2(OC(C)=O)OC2C[C@@H]1OC(C)=O. The first-order chi connectivity index (χ1) is 9.32. The molecule has 2 fully saturated rings. The average Bonchev–Trinajstić information content (AvgIpc) is 2.96. The van der Waals surface area contributed by atoms with E-state index in [1.54, 1.807) is 0 Å². The Morgan fingerprint density at radius 1 is 1.10 bits per heavy atom. The van der Waals surface area contributed by atoms with Gasteiger partial charge in [-0.05, 0) is 0 Å². The summed E-state index contributed by atoms with van der Waals surface area (Å²) in [5, 5.41) is 0. The molecule has 2 rings (SSSR count). The molecule has 112 valence electrons. The Kier molecular flexibility index (Phi) is 3.96. The van der Waals surface area contributed by atoms with E-state index in [0.717, 1.165) is 0 Å². The van der Waals surface area contributed by atoms with Gasteiger partial charge in [0.2, 0.25) is 0 Å². The van der Waals surface area contributed by atoms with Crippen LogP contribution < -0.4 is 0 Å². The van der Waals surface area contributed by atoms with E-state index in [9.17, 15) is 14.4 Å². The Morgan fingerprint density at radius 2 is 1.80 bits per heavy atom. The van der Waals surface area contributed by atoms with Crippen molar-refractivity contribution >= 4 is 17.9 Å². The molecular formula is C12H16O8. The molecule has 4 atom stereocenters. The molecule has 8 heteroatoms. The molecule has 0 aromatic rings. The van der Waals surface area contributed by atoms with E-state index in [4.69, 9.17) is 23.7 Å². The number of hydrogen-bond donors (Lipinski definition) is 0. The molecule has 2 saturated heterocycles. The van der Waals surface area contributed by atoms with E-state index in [-0.39, 0.29) is 6.61 Å². The van der Waals surface area contributed by atoms with Crippen LogP contribution in [0.4, 0.5) is 0 Å². The Balaban J connectivity index is 2.03.